The minimum Gasteiger partial charge on any atom is -0.454 e. The maximum Gasteiger partial charge on any atom is 0.319 e. The molecule has 2 aromatic carbocycles. The monoisotopic (exact) mass is 329 g/mol. The maximum atomic E-state index is 12.0. The number of hydrogen-bond donors (Lipinski definition) is 2. The van der Waals surface area contributed by atoms with Crippen molar-refractivity contribution >= 4 is 17.4 Å². The number of benzene rings is 2. The van der Waals surface area contributed by atoms with Gasteiger partial charge in [-0.2, -0.15) is 0 Å². The zero-order valence-corrected chi connectivity index (χ0v) is 12.9. The second kappa shape index (κ2) is 6.45. The van der Waals surface area contributed by atoms with Gasteiger partial charge in [0.1, 0.15) is 0 Å². The number of urea groups is 1. The molecule has 1 heterocycles. The van der Waals surface area contributed by atoms with Crippen molar-refractivity contribution in [3.63, 3.8) is 0 Å². The lowest BCUT2D eigenvalue weighted by molar-refractivity contribution is -0.385. The molecule has 0 saturated carbocycles. The first-order chi connectivity index (χ1) is 11.5. The number of carbonyl (C=O) groups is 1. The lowest BCUT2D eigenvalue weighted by Crippen LogP contribution is -2.28. The van der Waals surface area contributed by atoms with Crippen LogP contribution in [0.25, 0.3) is 0 Å². The summed E-state index contributed by atoms with van der Waals surface area (Å²) in [4.78, 5) is 22.4. The van der Waals surface area contributed by atoms with E-state index < -0.39 is 11.0 Å². The number of nitrogens with one attached hydrogen (secondary N) is 2. The minimum absolute atomic E-state index is 0.0384. The fourth-order valence-corrected chi connectivity index (χ4v) is 2.36. The van der Waals surface area contributed by atoms with Crippen LogP contribution in [0, 0.1) is 17.0 Å². The van der Waals surface area contributed by atoms with Gasteiger partial charge in [0.15, 0.2) is 11.5 Å². The molecule has 0 spiro atoms. The van der Waals surface area contributed by atoms with Crippen molar-refractivity contribution in [1.29, 1.82) is 0 Å². The van der Waals surface area contributed by atoms with Gasteiger partial charge in [-0.25, -0.2) is 4.79 Å². The second-order valence-electron chi connectivity index (χ2n) is 5.20. The number of nitrogens with zero attached hydrogens (tertiary/aromatic N) is 1. The molecule has 0 bridgehead atoms. The van der Waals surface area contributed by atoms with Crippen LogP contribution in [-0.4, -0.2) is 17.7 Å². The Morgan fingerprint density at radius 1 is 1.25 bits per heavy atom. The van der Waals surface area contributed by atoms with E-state index in [1.54, 1.807) is 25.1 Å². The molecule has 1 aliphatic heterocycles. The highest BCUT2D eigenvalue weighted by Crippen LogP contribution is 2.32. The molecule has 0 aromatic heterocycles. The van der Waals surface area contributed by atoms with E-state index in [0.29, 0.717) is 22.7 Å². The van der Waals surface area contributed by atoms with E-state index in [4.69, 9.17) is 9.47 Å². The maximum absolute atomic E-state index is 12.0. The second-order valence-corrected chi connectivity index (χ2v) is 5.20. The summed E-state index contributed by atoms with van der Waals surface area (Å²) in [5, 5.41) is 16.2. The third-order valence-electron chi connectivity index (χ3n) is 3.64. The molecule has 1 aliphatic rings. The zero-order chi connectivity index (χ0) is 17.1. The summed E-state index contributed by atoms with van der Waals surface area (Å²) in [5.74, 6) is 1.32. The van der Waals surface area contributed by atoms with Crippen LogP contribution in [0.15, 0.2) is 36.4 Å². The number of ether oxygens (including phenoxy) is 2. The summed E-state index contributed by atoms with van der Waals surface area (Å²) in [6.45, 7) is 2.07. The summed E-state index contributed by atoms with van der Waals surface area (Å²) in [7, 11) is 0. The van der Waals surface area contributed by atoms with Crippen molar-refractivity contribution in [2.24, 2.45) is 0 Å². The Morgan fingerprint density at radius 3 is 2.83 bits per heavy atom. The molecule has 3 rings (SSSR count). The van der Waals surface area contributed by atoms with E-state index in [2.05, 4.69) is 10.6 Å². The van der Waals surface area contributed by atoms with Gasteiger partial charge in [0.05, 0.1) is 16.2 Å². The van der Waals surface area contributed by atoms with Gasteiger partial charge in [0, 0.05) is 12.6 Å². The Hall–Kier alpha value is -3.29. The summed E-state index contributed by atoms with van der Waals surface area (Å²) in [6.07, 6.45) is 0. The quantitative estimate of drug-likeness (QED) is 0.663. The average molecular weight is 329 g/mol. The molecule has 0 atom stereocenters. The molecular formula is C16H15N3O5. The minimum atomic E-state index is -0.481. The van der Waals surface area contributed by atoms with Crippen molar-refractivity contribution in [1.82, 2.24) is 5.32 Å². The molecule has 124 valence electrons. The van der Waals surface area contributed by atoms with Crippen LogP contribution in [0.3, 0.4) is 0 Å². The highest BCUT2D eigenvalue weighted by molar-refractivity contribution is 5.90. The number of nitro benzene ring substituents is 1. The van der Waals surface area contributed by atoms with E-state index in [1.165, 1.54) is 12.1 Å². The van der Waals surface area contributed by atoms with Crippen LogP contribution in [0.4, 0.5) is 16.2 Å². The Bertz CT molecular complexity index is 806. The molecular weight excluding hydrogens is 314 g/mol. The van der Waals surface area contributed by atoms with Gasteiger partial charge >= 0.3 is 6.03 Å². The number of rotatable bonds is 4. The molecule has 0 fully saturated rings. The summed E-state index contributed by atoms with van der Waals surface area (Å²) < 4.78 is 10.5. The standard InChI is InChI=1S/C16H15N3O5/c1-10-12(3-2-4-13(10)19(21)22)18-16(20)17-8-11-5-6-14-15(7-11)24-9-23-14/h2-7H,8-9H2,1H3,(H2,17,18,20). The van der Waals surface area contributed by atoms with Crippen LogP contribution in [0.2, 0.25) is 0 Å². The molecule has 8 nitrogen and oxygen atoms in total. The number of fused-ring (bicyclic) bond motifs is 1. The third-order valence-corrected chi connectivity index (χ3v) is 3.64. The van der Waals surface area contributed by atoms with Gasteiger partial charge in [-0.1, -0.05) is 12.1 Å². The fourth-order valence-electron chi connectivity index (χ4n) is 2.36. The van der Waals surface area contributed by atoms with Crippen LogP contribution in [0.5, 0.6) is 11.5 Å². The van der Waals surface area contributed by atoms with Crippen molar-refractivity contribution in [3.05, 3.63) is 57.6 Å². The molecule has 0 aliphatic carbocycles. The van der Waals surface area contributed by atoms with Crippen LogP contribution >= 0.6 is 0 Å². The van der Waals surface area contributed by atoms with Gasteiger partial charge in [-0.15, -0.1) is 0 Å². The van der Waals surface area contributed by atoms with Crippen LogP contribution in [-0.2, 0) is 6.54 Å². The van der Waals surface area contributed by atoms with Crippen LogP contribution in [0.1, 0.15) is 11.1 Å². The molecule has 24 heavy (non-hydrogen) atoms. The van der Waals surface area contributed by atoms with E-state index in [-0.39, 0.29) is 19.0 Å². The average Bonchev–Trinajstić information content (AvgIpc) is 3.02. The number of nitro groups is 1. The van der Waals surface area contributed by atoms with E-state index in [1.807, 2.05) is 6.07 Å². The van der Waals surface area contributed by atoms with Crippen molar-refractivity contribution < 1.29 is 19.2 Å². The van der Waals surface area contributed by atoms with E-state index in [0.717, 1.165) is 5.56 Å². The lowest BCUT2D eigenvalue weighted by atomic mass is 10.1. The smallest absolute Gasteiger partial charge is 0.319 e. The normalized spacial score (nSPS) is 11.9. The molecule has 2 amide bonds. The summed E-state index contributed by atoms with van der Waals surface area (Å²) in [6, 6.07) is 9.48. The first-order valence-electron chi connectivity index (χ1n) is 7.22. The number of amides is 2. The van der Waals surface area contributed by atoms with E-state index >= 15 is 0 Å². The van der Waals surface area contributed by atoms with Crippen molar-refractivity contribution in [3.8, 4) is 11.5 Å². The first kappa shape index (κ1) is 15.6. The highest BCUT2D eigenvalue weighted by atomic mass is 16.7. The Kier molecular flexibility index (Phi) is 4.19. The molecule has 2 N–H and O–H groups in total. The molecule has 2 aromatic rings. The number of anilines is 1. The number of carbonyl (C=O) groups excluding carboxylic acids is 1. The Labute approximate surface area is 137 Å². The van der Waals surface area contributed by atoms with Crippen molar-refractivity contribution in [2.75, 3.05) is 12.1 Å². The zero-order valence-electron chi connectivity index (χ0n) is 12.9. The molecule has 0 radical (unpaired) electrons. The first-order valence-corrected chi connectivity index (χ1v) is 7.22. The Balaban J connectivity index is 1.62. The Morgan fingerprint density at radius 2 is 2.04 bits per heavy atom. The number of hydrogen-bond acceptors (Lipinski definition) is 5. The predicted octanol–water partition coefficient (Wildman–Crippen LogP) is 2.95. The summed E-state index contributed by atoms with van der Waals surface area (Å²) in [5.41, 5.74) is 1.61. The van der Waals surface area contributed by atoms with Gasteiger partial charge in [0.25, 0.3) is 5.69 Å². The SMILES string of the molecule is Cc1c(NC(=O)NCc2ccc3c(c2)OCO3)cccc1[N+](=O)[O-]. The third kappa shape index (κ3) is 3.22. The predicted molar refractivity (Wildman–Crippen MR) is 86.3 cm³/mol. The molecule has 8 heteroatoms. The van der Waals surface area contributed by atoms with Gasteiger partial charge < -0.3 is 20.1 Å². The lowest BCUT2D eigenvalue weighted by Gasteiger charge is -2.10. The topological polar surface area (TPSA) is 103 Å². The van der Waals surface area contributed by atoms with Gasteiger partial charge in [-0.05, 0) is 30.7 Å². The fraction of sp³-hybridized carbons (Fsp3) is 0.188. The van der Waals surface area contributed by atoms with Crippen molar-refractivity contribution in [2.45, 2.75) is 13.5 Å². The molecule has 0 unspecified atom stereocenters. The summed E-state index contributed by atoms with van der Waals surface area (Å²) >= 11 is 0. The molecule has 0 saturated heterocycles. The van der Waals surface area contributed by atoms with E-state index in [9.17, 15) is 14.9 Å². The van der Waals surface area contributed by atoms with Gasteiger partial charge in [0.2, 0.25) is 6.79 Å². The van der Waals surface area contributed by atoms with Gasteiger partial charge in [-0.3, -0.25) is 10.1 Å². The van der Waals surface area contributed by atoms with Crippen LogP contribution < -0.4 is 20.1 Å². The largest absolute Gasteiger partial charge is 0.454 e. The highest BCUT2D eigenvalue weighted by Gasteiger charge is 2.15.